The third-order valence-corrected chi connectivity index (χ3v) is 2.77. The third-order valence-electron chi connectivity index (χ3n) is 2.17. The normalized spacial score (nSPS) is 10.2. The largest absolute Gasteiger partial charge is 0.321 e. The number of carbonyl (C=O) groups is 1. The molecule has 2 aromatic rings. The standard InChI is InChI=1S/C12H7BrF2N2O/c13-9-5-7(1-3-10(9)14)12(18)17-8-2-4-11(15)16-6-8/h1-6H,(H,17,18). The average molecular weight is 313 g/mol. The Bertz CT molecular complexity index is 587. The molecule has 0 unspecified atom stereocenters. The second kappa shape index (κ2) is 5.22. The molecule has 0 bridgehead atoms. The summed E-state index contributed by atoms with van der Waals surface area (Å²) in [6, 6.07) is 6.42. The number of anilines is 1. The van der Waals surface area contributed by atoms with Crippen LogP contribution >= 0.6 is 15.9 Å². The molecule has 0 saturated carbocycles. The number of nitrogens with zero attached hydrogens (tertiary/aromatic N) is 1. The maximum Gasteiger partial charge on any atom is 0.255 e. The van der Waals surface area contributed by atoms with Gasteiger partial charge in [0.2, 0.25) is 5.95 Å². The van der Waals surface area contributed by atoms with Crippen molar-refractivity contribution in [2.24, 2.45) is 0 Å². The maximum absolute atomic E-state index is 13.0. The van der Waals surface area contributed by atoms with Gasteiger partial charge in [-0.05, 0) is 46.3 Å². The Labute approximate surface area is 110 Å². The fourth-order valence-corrected chi connectivity index (χ4v) is 1.67. The molecule has 3 nitrogen and oxygen atoms in total. The van der Waals surface area contributed by atoms with Crippen LogP contribution in [0.3, 0.4) is 0 Å². The number of rotatable bonds is 2. The molecule has 1 aromatic carbocycles. The van der Waals surface area contributed by atoms with Gasteiger partial charge in [-0.15, -0.1) is 0 Å². The summed E-state index contributed by atoms with van der Waals surface area (Å²) >= 11 is 2.99. The van der Waals surface area contributed by atoms with Crippen molar-refractivity contribution in [3.8, 4) is 0 Å². The Morgan fingerprint density at radius 3 is 2.61 bits per heavy atom. The predicted octanol–water partition coefficient (Wildman–Crippen LogP) is 3.37. The molecule has 0 fully saturated rings. The maximum atomic E-state index is 13.0. The smallest absolute Gasteiger partial charge is 0.255 e. The van der Waals surface area contributed by atoms with Gasteiger partial charge in [0, 0.05) is 5.56 Å². The van der Waals surface area contributed by atoms with Crippen molar-refractivity contribution < 1.29 is 13.6 Å². The number of pyridine rings is 1. The predicted molar refractivity (Wildman–Crippen MR) is 66.2 cm³/mol. The lowest BCUT2D eigenvalue weighted by atomic mass is 10.2. The topological polar surface area (TPSA) is 42.0 Å². The van der Waals surface area contributed by atoms with Gasteiger partial charge in [0.05, 0.1) is 16.4 Å². The van der Waals surface area contributed by atoms with Crippen molar-refractivity contribution in [1.29, 1.82) is 0 Å². The number of benzene rings is 1. The van der Waals surface area contributed by atoms with E-state index in [-0.39, 0.29) is 10.0 Å². The summed E-state index contributed by atoms with van der Waals surface area (Å²) in [6.07, 6.45) is 1.20. The van der Waals surface area contributed by atoms with Crippen molar-refractivity contribution in [1.82, 2.24) is 4.98 Å². The Kier molecular flexibility index (Phi) is 3.66. The van der Waals surface area contributed by atoms with Crippen LogP contribution in [0.15, 0.2) is 41.0 Å². The lowest BCUT2D eigenvalue weighted by Crippen LogP contribution is -2.12. The van der Waals surface area contributed by atoms with Gasteiger partial charge >= 0.3 is 0 Å². The zero-order valence-electron chi connectivity index (χ0n) is 8.95. The van der Waals surface area contributed by atoms with E-state index in [2.05, 4.69) is 26.2 Å². The molecule has 0 aliphatic heterocycles. The fraction of sp³-hybridized carbons (Fsp3) is 0. The SMILES string of the molecule is O=C(Nc1ccc(F)nc1)c1ccc(F)c(Br)c1. The van der Waals surface area contributed by atoms with E-state index in [1.165, 1.54) is 30.5 Å². The number of aromatic nitrogens is 1. The van der Waals surface area contributed by atoms with Gasteiger partial charge in [-0.2, -0.15) is 4.39 Å². The van der Waals surface area contributed by atoms with Crippen LogP contribution in [0.1, 0.15) is 10.4 Å². The number of nitrogens with one attached hydrogen (secondary N) is 1. The van der Waals surface area contributed by atoms with Gasteiger partial charge in [0.1, 0.15) is 5.82 Å². The molecule has 1 N–H and O–H groups in total. The quantitative estimate of drug-likeness (QED) is 0.864. The highest BCUT2D eigenvalue weighted by molar-refractivity contribution is 9.10. The summed E-state index contributed by atoms with van der Waals surface area (Å²) < 4.78 is 25.8. The minimum Gasteiger partial charge on any atom is -0.321 e. The Hall–Kier alpha value is -1.82. The Morgan fingerprint density at radius 1 is 1.22 bits per heavy atom. The van der Waals surface area contributed by atoms with Gasteiger partial charge in [-0.25, -0.2) is 9.37 Å². The van der Waals surface area contributed by atoms with Crippen LogP contribution in [-0.2, 0) is 0 Å². The lowest BCUT2D eigenvalue weighted by molar-refractivity contribution is 0.102. The zero-order valence-corrected chi connectivity index (χ0v) is 10.5. The highest BCUT2D eigenvalue weighted by atomic mass is 79.9. The van der Waals surface area contributed by atoms with Crippen LogP contribution in [0.25, 0.3) is 0 Å². The number of hydrogen-bond acceptors (Lipinski definition) is 2. The fourth-order valence-electron chi connectivity index (χ4n) is 1.29. The summed E-state index contributed by atoms with van der Waals surface area (Å²) in [5.41, 5.74) is 0.648. The van der Waals surface area contributed by atoms with Crippen LogP contribution in [-0.4, -0.2) is 10.9 Å². The molecule has 18 heavy (non-hydrogen) atoms. The van der Waals surface area contributed by atoms with Gasteiger partial charge in [-0.3, -0.25) is 4.79 Å². The molecule has 0 aliphatic carbocycles. The third kappa shape index (κ3) is 2.89. The minimum absolute atomic E-state index is 0.201. The first-order valence-electron chi connectivity index (χ1n) is 4.94. The molecule has 0 spiro atoms. The van der Waals surface area contributed by atoms with Crippen molar-refractivity contribution in [2.75, 3.05) is 5.32 Å². The Morgan fingerprint density at radius 2 is 2.00 bits per heavy atom. The van der Waals surface area contributed by atoms with E-state index < -0.39 is 17.7 Å². The monoisotopic (exact) mass is 312 g/mol. The minimum atomic E-state index is -0.627. The zero-order chi connectivity index (χ0) is 13.1. The highest BCUT2D eigenvalue weighted by Gasteiger charge is 2.09. The molecule has 0 radical (unpaired) electrons. The lowest BCUT2D eigenvalue weighted by Gasteiger charge is -2.05. The van der Waals surface area contributed by atoms with Gasteiger partial charge in [0.15, 0.2) is 0 Å². The van der Waals surface area contributed by atoms with E-state index in [1.54, 1.807) is 0 Å². The van der Waals surface area contributed by atoms with Crippen molar-refractivity contribution >= 4 is 27.5 Å². The van der Waals surface area contributed by atoms with E-state index in [1.807, 2.05) is 0 Å². The number of carbonyl (C=O) groups excluding carboxylic acids is 1. The molecule has 0 atom stereocenters. The first-order valence-corrected chi connectivity index (χ1v) is 5.73. The molecule has 92 valence electrons. The molecule has 1 aromatic heterocycles. The first kappa shape index (κ1) is 12.6. The Balaban J connectivity index is 2.16. The molecule has 0 saturated heterocycles. The number of halogens is 3. The van der Waals surface area contributed by atoms with Gasteiger partial charge in [0.25, 0.3) is 5.91 Å². The van der Waals surface area contributed by atoms with Gasteiger partial charge < -0.3 is 5.32 Å². The average Bonchev–Trinajstić information content (AvgIpc) is 2.35. The van der Waals surface area contributed by atoms with E-state index in [0.29, 0.717) is 5.69 Å². The second-order valence-corrected chi connectivity index (χ2v) is 4.31. The summed E-state index contributed by atoms with van der Waals surface area (Å²) in [6.45, 7) is 0. The van der Waals surface area contributed by atoms with E-state index >= 15 is 0 Å². The molecule has 1 amide bonds. The van der Waals surface area contributed by atoms with E-state index in [9.17, 15) is 13.6 Å². The van der Waals surface area contributed by atoms with Crippen molar-refractivity contribution in [2.45, 2.75) is 0 Å². The van der Waals surface area contributed by atoms with Crippen LogP contribution in [0, 0.1) is 11.8 Å². The number of amides is 1. The van der Waals surface area contributed by atoms with Crippen LogP contribution < -0.4 is 5.32 Å². The molecular weight excluding hydrogens is 306 g/mol. The second-order valence-electron chi connectivity index (χ2n) is 3.45. The van der Waals surface area contributed by atoms with Crippen molar-refractivity contribution in [3.63, 3.8) is 0 Å². The van der Waals surface area contributed by atoms with E-state index in [4.69, 9.17) is 0 Å². The molecule has 0 aliphatic rings. The van der Waals surface area contributed by atoms with E-state index in [0.717, 1.165) is 6.07 Å². The van der Waals surface area contributed by atoms with Crippen LogP contribution in [0.5, 0.6) is 0 Å². The highest BCUT2D eigenvalue weighted by Crippen LogP contribution is 2.17. The molecule has 2 rings (SSSR count). The van der Waals surface area contributed by atoms with Gasteiger partial charge in [-0.1, -0.05) is 0 Å². The molecule has 6 heteroatoms. The first-order chi connectivity index (χ1) is 8.56. The summed E-state index contributed by atoms with van der Waals surface area (Å²) in [4.78, 5) is 15.2. The van der Waals surface area contributed by atoms with Crippen molar-refractivity contribution in [3.05, 3.63) is 58.3 Å². The molecular formula is C12H7BrF2N2O. The van der Waals surface area contributed by atoms with Crippen LogP contribution in [0.2, 0.25) is 0 Å². The summed E-state index contributed by atoms with van der Waals surface area (Å²) in [7, 11) is 0. The summed E-state index contributed by atoms with van der Waals surface area (Å²) in [5.74, 6) is -1.50. The van der Waals surface area contributed by atoms with Crippen LogP contribution in [0.4, 0.5) is 14.5 Å². The number of hydrogen-bond donors (Lipinski definition) is 1. The summed E-state index contributed by atoms with van der Waals surface area (Å²) in [5, 5.41) is 2.52. The molecule has 1 heterocycles.